The summed E-state index contributed by atoms with van der Waals surface area (Å²) in [5.41, 5.74) is 4.85. The SMILES string of the molecule is Cc1cnc(-c2ccc(C3(c4ccc(OCc5ccccn5)cc4)CC4CCC3C4)cc2)o1. The average molecular weight is 437 g/mol. The summed E-state index contributed by atoms with van der Waals surface area (Å²) in [6.07, 6.45) is 8.81. The highest BCUT2D eigenvalue weighted by molar-refractivity contribution is 5.56. The van der Waals surface area contributed by atoms with Crippen LogP contribution in [-0.4, -0.2) is 9.97 Å². The Morgan fingerprint density at radius 3 is 2.33 bits per heavy atom. The number of nitrogens with zero attached hydrogens (tertiary/aromatic N) is 2. The number of ether oxygens (including phenoxy) is 1. The summed E-state index contributed by atoms with van der Waals surface area (Å²) in [7, 11) is 0. The van der Waals surface area contributed by atoms with Crippen LogP contribution in [0.1, 0.15) is 48.3 Å². The Morgan fingerprint density at radius 1 is 0.939 bits per heavy atom. The molecule has 2 aliphatic rings. The molecule has 0 amide bonds. The largest absolute Gasteiger partial charge is 0.487 e. The number of rotatable bonds is 6. The van der Waals surface area contributed by atoms with Gasteiger partial charge in [-0.15, -0.1) is 0 Å². The van der Waals surface area contributed by atoms with Gasteiger partial charge in [-0.1, -0.05) is 36.8 Å². The predicted molar refractivity (Wildman–Crippen MR) is 128 cm³/mol. The smallest absolute Gasteiger partial charge is 0.226 e. The van der Waals surface area contributed by atoms with Gasteiger partial charge in [0.15, 0.2) is 0 Å². The van der Waals surface area contributed by atoms with Gasteiger partial charge in [-0.3, -0.25) is 4.98 Å². The standard InChI is InChI=1S/C29H28N2O2/c1-20-18-31-28(33-20)22-6-9-23(10-7-22)29(17-21-5-8-25(29)16-21)24-11-13-27(14-12-24)32-19-26-4-2-3-15-30-26/h2-4,6-7,9-15,18,21,25H,5,8,16-17,19H2,1H3. The fourth-order valence-corrected chi connectivity index (χ4v) is 6.09. The molecule has 3 atom stereocenters. The Bertz CT molecular complexity index is 1230. The first-order chi connectivity index (χ1) is 16.2. The van der Waals surface area contributed by atoms with Crippen LogP contribution in [0.2, 0.25) is 0 Å². The molecule has 0 radical (unpaired) electrons. The van der Waals surface area contributed by atoms with Crippen molar-refractivity contribution in [3.8, 4) is 17.2 Å². The lowest BCUT2D eigenvalue weighted by molar-refractivity contribution is 0.299. The Balaban J connectivity index is 1.29. The zero-order valence-corrected chi connectivity index (χ0v) is 18.9. The van der Waals surface area contributed by atoms with Gasteiger partial charge < -0.3 is 9.15 Å². The maximum absolute atomic E-state index is 6.00. The molecule has 0 saturated heterocycles. The minimum absolute atomic E-state index is 0.0769. The lowest BCUT2D eigenvalue weighted by atomic mass is 9.64. The van der Waals surface area contributed by atoms with E-state index in [0.717, 1.165) is 28.7 Å². The van der Waals surface area contributed by atoms with E-state index >= 15 is 0 Å². The van der Waals surface area contributed by atoms with E-state index in [0.29, 0.717) is 18.4 Å². The summed E-state index contributed by atoms with van der Waals surface area (Å²) < 4.78 is 11.7. The number of hydrogen-bond acceptors (Lipinski definition) is 4. The van der Waals surface area contributed by atoms with Crippen LogP contribution in [0, 0.1) is 18.8 Å². The normalized spacial score (nSPS) is 23.7. The lowest BCUT2D eigenvalue weighted by Crippen LogP contribution is -2.34. The molecule has 6 rings (SSSR count). The molecular formula is C29H28N2O2. The molecule has 2 heterocycles. The quantitative estimate of drug-likeness (QED) is 0.336. The van der Waals surface area contributed by atoms with Crippen molar-refractivity contribution >= 4 is 0 Å². The van der Waals surface area contributed by atoms with E-state index in [1.165, 1.54) is 36.8 Å². The fourth-order valence-electron chi connectivity index (χ4n) is 6.09. The topological polar surface area (TPSA) is 48.2 Å². The van der Waals surface area contributed by atoms with E-state index in [4.69, 9.17) is 9.15 Å². The first kappa shape index (κ1) is 20.2. The van der Waals surface area contributed by atoms with E-state index in [1.54, 1.807) is 12.4 Å². The summed E-state index contributed by atoms with van der Waals surface area (Å²) >= 11 is 0. The molecule has 2 fully saturated rings. The van der Waals surface area contributed by atoms with Crippen molar-refractivity contribution in [1.82, 2.24) is 9.97 Å². The van der Waals surface area contributed by atoms with Crippen LogP contribution in [0.15, 0.2) is 83.5 Å². The molecule has 4 aromatic rings. The van der Waals surface area contributed by atoms with Crippen molar-refractivity contribution < 1.29 is 9.15 Å². The number of hydrogen-bond donors (Lipinski definition) is 0. The van der Waals surface area contributed by atoms with Crippen molar-refractivity contribution in [1.29, 1.82) is 0 Å². The molecule has 4 heteroatoms. The molecule has 2 aromatic heterocycles. The zero-order chi connectivity index (χ0) is 22.3. The van der Waals surface area contributed by atoms with E-state index in [9.17, 15) is 0 Å². The molecular weight excluding hydrogens is 408 g/mol. The Labute approximate surface area is 194 Å². The molecule has 0 aliphatic heterocycles. The van der Waals surface area contributed by atoms with Gasteiger partial charge in [-0.2, -0.15) is 0 Å². The first-order valence-electron chi connectivity index (χ1n) is 11.9. The van der Waals surface area contributed by atoms with Crippen LogP contribution < -0.4 is 4.74 Å². The van der Waals surface area contributed by atoms with Gasteiger partial charge in [-0.25, -0.2) is 4.98 Å². The molecule has 0 spiro atoms. The van der Waals surface area contributed by atoms with Crippen LogP contribution in [-0.2, 0) is 12.0 Å². The van der Waals surface area contributed by atoms with Crippen molar-refractivity contribution in [3.05, 3.63) is 102 Å². The fraction of sp³-hybridized carbons (Fsp3) is 0.310. The van der Waals surface area contributed by atoms with Gasteiger partial charge in [0.1, 0.15) is 18.1 Å². The van der Waals surface area contributed by atoms with Gasteiger partial charge in [0.25, 0.3) is 0 Å². The second kappa shape index (κ2) is 8.18. The Kier molecular flexibility index (Phi) is 5.01. The summed E-state index contributed by atoms with van der Waals surface area (Å²) in [6, 6.07) is 23.6. The zero-order valence-electron chi connectivity index (χ0n) is 18.9. The van der Waals surface area contributed by atoms with Gasteiger partial charge in [0.05, 0.1) is 11.9 Å². The highest BCUT2D eigenvalue weighted by Gasteiger charge is 2.52. The van der Waals surface area contributed by atoms with Crippen molar-refractivity contribution in [2.45, 2.75) is 44.6 Å². The van der Waals surface area contributed by atoms with Crippen LogP contribution in [0.4, 0.5) is 0 Å². The number of pyridine rings is 1. The average Bonchev–Trinajstić information content (AvgIpc) is 3.61. The van der Waals surface area contributed by atoms with E-state index in [2.05, 4.69) is 58.5 Å². The third-order valence-electron chi connectivity index (χ3n) is 7.60. The highest BCUT2D eigenvalue weighted by Crippen LogP contribution is 2.60. The first-order valence-corrected chi connectivity index (χ1v) is 11.9. The molecule has 2 saturated carbocycles. The van der Waals surface area contributed by atoms with Crippen LogP contribution >= 0.6 is 0 Å². The summed E-state index contributed by atoms with van der Waals surface area (Å²) in [5.74, 6) is 3.93. The Morgan fingerprint density at radius 2 is 1.73 bits per heavy atom. The van der Waals surface area contributed by atoms with Gasteiger partial charge in [-0.05, 0) is 85.5 Å². The van der Waals surface area contributed by atoms with Gasteiger partial charge in [0, 0.05) is 17.2 Å². The number of oxazole rings is 1. The third-order valence-corrected chi connectivity index (χ3v) is 7.60. The summed E-state index contributed by atoms with van der Waals surface area (Å²) in [6.45, 7) is 2.41. The number of benzene rings is 2. The second-order valence-electron chi connectivity index (χ2n) is 9.54. The molecule has 3 unspecified atom stereocenters. The molecule has 2 aromatic carbocycles. The van der Waals surface area contributed by atoms with Crippen LogP contribution in [0.5, 0.6) is 5.75 Å². The third kappa shape index (κ3) is 3.64. The number of aryl methyl sites for hydroxylation is 1. The van der Waals surface area contributed by atoms with Gasteiger partial charge in [0.2, 0.25) is 5.89 Å². The van der Waals surface area contributed by atoms with E-state index in [-0.39, 0.29) is 5.41 Å². The van der Waals surface area contributed by atoms with Gasteiger partial charge >= 0.3 is 0 Å². The summed E-state index contributed by atoms with van der Waals surface area (Å²) in [4.78, 5) is 8.74. The molecule has 0 N–H and O–H groups in total. The molecule has 2 aliphatic carbocycles. The molecule has 166 valence electrons. The van der Waals surface area contributed by atoms with Crippen LogP contribution in [0.3, 0.4) is 0 Å². The second-order valence-corrected chi connectivity index (χ2v) is 9.54. The molecule has 2 bridgehead atoms. The minimum Gasteiger partial charge on any atom is -0.487 e. The maximum Gasteiger partial charge on any atom is 0.226 e. The van der Waals surface area contributed by atoms with E-state index < -0.39 is 0 Å². The minimum atomic E-state index is 0.0769. The monoisotopic (exact) mass is 436 g/mol. The molecule has 33 heavy (non-hydrogen) atoms. The van der Waals surface area contributed by atoms with Crippen molar-refractivity contribution in [2.75, 3.05) is 0 Å². The maximum atomic E-state index is 6.00. The number of aromatic nitrogens is 2. The van der Waals surface area contributed by atoms with Crippen LogP contribution in [0.25, 0.3) is 11.5 Å². The predicted octanol–water partition coefficient (Wildman–Crippen LogP) is 6.73. The summed E-state index contributed by atoms with van der Waals surface area (Å²) in [5, 5.41) is 0. The Hall–Kier alpha value is -3.40. The van der Waals surface area contributed by atoms with Crippen molar-refractivity contribution in [2.24, 2.45) is 11.8 Å². The lowest BCUT2D eigenvalue weighted by Gasteiger charge is -2.39. The number of fused-ring (bicyclic) bond motifs is 2. The highest BCUT2D eigenvalue weighted by atomic mass is 16.5. The van der Waals surface area contributed by atoms with E-state index in [1.807, 2.05) is 25.1 Å². The van der Waals surface area contributed by atoms with Crippen molar-refractivity contribution in [3.63, 3.8) is 0 Å². The molecule has 4 nitrogen and oxygen atoms in total.